The summed E-state index contributed by atoms with van der Waals surface area (Å²) >= 11 is 1.22. The number of aromatic nitrogens is 1. The lowest BCUT2D eigenvalue weighted by Crippen LogP contribution is -2.37. The number of halogens is 1. The van der Waals surface area contributed by atoms with Crippen LogP contribution in [0.1, 0.15) is 42.5 Å². The van der Waals surface area contributed by atoms with Gasteiger partial charge in [-0.05, 0) is 56.4 Å². The molecular formula is C24H25FN4O4S. The van der Waals surface area contributed by atoms with Gasteiger partial charge in [0.15, 0.2) is 5.13 Å². The third kappa shape index (κ3) is 4.47. The first kappa shape index (κ1) is 22.7. The number of anilines is 2. The minimum absolute atomic E-state index is 0.0832. The predicted molar refractivity (Wildman–Crippen MR) is 129 cm³/mol. The van der Waals surface area contributed by atoms with Crippen LogP contribution in [0, 0.1) is 15.9 Å². The molecule has 0 radical (unpaired) electrons. The van der Waals surface area contributed by atoms with Gasteiger partial charge in [-0.1, -0.05) is 17.4 Å². The van der Waals surface area contributed by atoms with Gasteiger partial charge in [0, 0.05) is 31.3 Å². The van der Waals surface area contributed by atoms with E-state index in [1.165, 1.54) is 28.4 Å². The second-order valence-electron chi connectivity index (χ2n) is 8.64. The van der Waals surface area contributed by atoms with Crippen LogP contribution in [0.15, 0.2) is 36.4 Å². The first-order chi connectivity index (χ1) is 16.5. The van der Waals surface area contributed by atoms with Crippen LogP contribution >= 0.6 is 11.3 Å². The fourth-order valence-electron chi connectivity index (χ4n) is 4.62. The van der Waals surface area contributed by atoms with Gasteiger partial charge in [0.25, 0.3) is 11.6 Å². The molecular weight excluding hydrogens is 459 g/mol. The number of carbonyl (C=O) groups is 1. The van der Waals surface area contributed by atoms with Gasteiger partial charge in [0.2, 0.25) is 0 Å². The lowest BCUT2D eigenvalue weighted by Gasteiger charge is -2.28. The van der Waals surface area contributed by atoms with E-state index >= 15 is 0 Å². The number of piperidine rings is 1. The summed E-state index contributed by atoms with van der Waals surface area (Å²) in [4.78, 5) is 33.0. The molecule has 10 heteroatoms. The van der Waals surface area contributed by atoms with Gasteiger partial charge < -0.3 is 9.64 Å². The molecule has 1 atom stereocenters. The lowest BCUT2D eigenvalue weighted by atomic mass is 10.1. The average Bonchev–Trinajstić information content (AvgIpc) is 3.53. The molecule has 1 amide bonds. The van der Waals surface area contributed by atoms with Crippen molar-refractivity contribution >= 4 is 44.0 Å². The van der Waals surface area contributed by atoms with Crippen LogP contribution < -0.4 is 9.80 Å². The van der Waals surface area contributed by atoms with Crippen molar-refractivity contribution < 1.29 is 18.8 Å². The summed E-state index contributed by atoms with van der Waals surface area (Å²) in [5.74, 6) is -0.866. The zero-order valence-corrected chi connectivity index (χ0v) is 19.4. The summed E-state index contributed by atoms with van der Waals surface area (Å²) in [5.41, 5.74) is 0.860. The second-order valence-corrected chi connectivity index (χ2v) is 9.65. The van der Waals surface area contributed by atoms with Crippen molar-refractivity contribution in [2.75, 3.05) is 36.0 Å². The third-order valence-electron chi connectivity index (χ3n) is 6.36. The van der Waals surface area contributed by atoms with Gasteiger partial charge in [0.05, 0.1) is 22.3 Å². The van der Waals surface area contributed by atoms with Crippen molar-refractivity contribution in [3.63, 3.8) is 0 Å². The second kappa shape index (κ2) is 9.63. The minimum Gasteiger partial charge on any atom is -0.376 e. The average molecular weight is 485 g/mol. The van der Waals surface area contributed by atoms with Gasteiger partial charge in [-0.3, -0.25) is 19.8 Å². The number of amides is 1. The summed E-state index contributed by atoms with van der Waals surface area (Å²) in [7, 11) is 0. The Balaban J connectivity index is 1.51. The van der Waals surface area contributed by atoms with Gasteiger partial charge >= 0.3 is 0 Å². The summed E-state index contributed by atoms with van der Waals surface area (Å²) in [6.45, 7) is 2.40. The monoisotopic (exact) mass is 484 g/mol. The smallest absolute Gasteiger partial charge is 0.293 e. The Bertz CT molecular complexity index is 1220. The summed E-state index contributed by atoms with van der Waals surface area (Å²) in [6.07, 6.45) is 4.63. The fourth-order valence-corrected chi connectivity index (χ4v) is 5.61. The Morgan fingerprint density at radius 2 is 2.06 bits per heavy atom. The Labute approximate surface area is 200 Å². The van der Waals surface area contributed by atoms with E-state index in [4.69, 9.17) is 4.74 Å². The zero-order valence-electron chi connectivity index (χ0n) is 18.6. The molecule has 178 valence electrons. The maximum atomic E-state index is 14.3. The van der Waals surface area contributed by atoms with Crippen LogP contribution in [0.2, 0.25) is 0 Å². The van der Waals surface area contributed by atoms with E-state index in [1.807, 2.05) is 4.90 Å². The first-order valence-corrected chi connectivity index (χ1v) is 12.3. The number of carbonyl (C=O) groups excluding carboxylic acids is 1. The molecule has 5 rings (SSSR count). The number of ether oxygens (including phenoxy) is 1. The molecule has 1 unspecified atom stereocenters. The Kier molecular flexibility index (Phi) is 6.42. The van der Waals surface area contributed by atoms with Crippen molar-refractivity contribution in [2.45, 2.75) is 38.2 Å². The van der Waals surface area contributed by atoms with Crippen LogP contribution in [-0.4, -0.2) is 48.2 Å². The van der Waals surface area contributed by atoms with Crippen LogP contribution in [0.5, 0.6) is 0 Å². The van der Waals surface area contributed by atoms with Crippen molar-refractivity contribution in [1.29, 1.82) is 0 Å². The molecule has 34 heavy (non-hydrogen) atoms. The quantitative estimate of drug-likeness (QED) is 0.355. The molecule has 0 saturated carbocycles. The highest BCUT2D eigenvalue weighted by Gasteiger charge is 2.30. The normalized spacial score (nSPS) is 18.4. The molecule has 2 fully saturated rings. The first-order valence-electron chi connectivity index (χ1n) is 11.5. The van der Waals surface area contributed by atoms with Gasteiger partial charge in [-0.25, -0.2) is 9.37 Å². The number of nitrogens with zero attached hydrogens (tertiary/aromatic N) is 4. The maximum absolute atomic E-state index is 14.3. The van der Waals surface area contributed by atoms with Crippen molar-refractivity contribution in [3.05, 3.63) is 57.9 Å². The number of hydrogen-bond acceptors (Lipinski definition) is 7. The number of thiazole rings is 1. The maximum Gasteiger partial charge on any atom is 0.293 e. The van der Waals surface area contributed by atoms with Gasteiger partial charge in [0.1, 0.15) is 17.0 Å². The zero-order chi connectivity index (χ0) is 23.7. The molecule has 0 bridgehead atoms. The van der Waals surface area contributed by atoms with E-state index in [1.54, 1.807) is 24.3 Å². The van der Waals surface area contributed by atoms with Crippen molar-refractivity contribution in [3.8, 4) is 0 Å². The lowest BCUT2D eigenvalue weighted by molar-refractivity contribution is -0.384. The highest BCUT2D eigenvalue weighted by Crippen LogP contribution is 2.35. The molecule has 0 N–H and O–H groups in total. The van der Waals surface area contributed by atoms with Crippen LogP contribution in [0.4, 0.5) is 20.9 Å². The van der Waals surface area contributed by atoms with E-state index in [-0.39, 0.29) is 29.4 Å². The molecule has 1 aromatic heterocycles. The number of benzene rings is 2. The fraction of sp³-hybridized carbons (Fsp3) is 0.417. The van der Waals surface area contributed by atoms with Gasteiger partial charge in [-0.15, -0.1) is 0 Å². The number of fused-ring (bicyclic) bond motifs is 1. The SMILES string of the molecule is O=C(c1ccc(N2CCCCC2)c([N+](=O)[O-])c1)N(CC1CCCO1)c1nc2c(F)cccc2s1. The highest BCUT2D eigenvalue weighted by atomic mass is 32.1. The molecule has 3 aromatic rings. The molecule has 0 aliphatic carbocycles. The molecule has 2 aliphatic heterocycles. The molecule has 0 spiro atoms. The van der Waals surface area contributed by atoms with E-state index in [0.29, 0.717) is 22.1 Å². The molecule has 2 aromatic carbocycles. The number of nitro groups is 1. The van der Waals surface area contributed by atoms with Crippen LogP contribution in [-0.2, 0) is 4.74 Å². The van der Waals surface area contributed by atoms with E-state index < -0.39 is 16.6 Å². The topological polar surface area (TPSA) is 88.8 Å². The Morgan fingerprint density at radius 1 is 1.24 bits per heavy atom. The summed E-state index contributed by atoms with van der Waals surface area (Å²) in [5, 5.41) is 12.2. The highest BCUT2D eigenvalue weighted by molar-refractivity contribution is 7.22. The van der Waals surface area contributed by atoms with Crippen LogP contribution in [0.3, 0.4) is 0 Å². The van der Waals surface area contributed by atoms with E-state index in [9.17, 15) is 19.3 Å². The summed E-state index contributed by atoms with van der Waals surface area (Å²) < 4.78 is 20.7. The number of para-hydroxylation sites is 1. The summed E-state index contributed by atoms with van der Waals surface area (Å²) in [6, 6.07) is 9.35. The largest absolute Gasteiger partial charge is 0.376 e. The van der Waals surface area contributed by atoms with E-state index in [0.717, 1.165) is 45.2 Å². The third-order valence-corrected chi connectivity index (χ3v) is 7.40. The minimum atomic E-state index is -0.453. The molecule has 2 aliphatic rings. The van der Waals surface area contributed by atoms with Gasteiger partial charge in [-0.2, -0.15) is 0 Å². The Hall–Kier alpha value is -3.11. The van der Waals surface area contributed by atoms with Crippen molar-refractivity contribution in [1.82, 2.24) is 4.98 Å². The predicted octanol–water partition coefficient (Wildman–Crippen LogP) is 5.16. The Morgan fingerprint density at radius 3 is 2.76 bits per heavy atom. The molecule has 8 nitrogen and oxygen atoms in total. The molecule has 2 saturated heterocycles. The standard InChI is InChI=1S/C24H25FN4O4S/c25-18-7-4-8-21-22(18)26-24(34-21)28(15-17-6-5-13-33-17)23(30)16-9-10-19(20(14-16)29(31)32)27-11-2-1-3-12-27/h4,7-10,14,17H,1-3,5-6,11-13,15H2. The number of hydrogen-bond donors (Lipinski definition) is 0. The molecule has 3 heterocycles. The number of rotatable bonds is 6. The number of nitro benzene ring substituents is 1. The van der Waals surface area contributed by atoms with Crippen LogP contribution in [0.25, 0.3) is 10.2 Å². The van der Waals surface area contributed by atoms with Crippen molar-refractivity contribution in [2.24, 2.45) is 0 Å². The van der Waals surface area contributed by atoms with E-state index in [2.05, 4.69) is 4.98 Å².